The second-order valence-corrected chi connectivity index (χ2v) is 12.1. The minimum atomic E-state index is -1.33. The Balaban J connectivity index is 2.90. The van der Waals surface area contributed by atoms with Gasteiger partial charge in [0.2, 0.25) is 0 Å². The molecule has 0 aromatic heterocycles. The van der Waals surface area contributed by atoms with Gasteiger partial charge in [-0.25, -0.2) is 0 Å². The fourth-order valence-corrected chi connectivity index (χ4v) is 6.66. The summed E-state index contributed by atoms with van der Waals surface area (Å²) in [6.45, 7) is 0.0613. The molecule has 0 aliphatic carbocycles. The second kappa shape index (κ2) is 22.9. The van der Waals surface area contributed by atoms with Crippen molar-refractivity contribution in [2.75, 3.05) is 38.5 Å². The first-order valence-electron chi connectivity index (χ1n) is 14.3. The van der Waals surface area contributed by atoms with Crippen LogP contribution in [0.25, 0.3) is 0 Å². The maximum absolute atomic E-state index is 12.2. The van der Waals surface area contributed by atoms with Gasteiger partial charge in [0.15, 0.2) is 23.7 Å². The third-order valence-corrected chi connectivity index (χ3v) is 8.85. The number of nitrogens with two attached hydrogens (primary N) is 4. The lowest BCUT2D eigenvalue weighted by Gasteiger charge is -2.44. The topological polar surface area (TPSA) is 219 Å². The van der Waals surface area contributed by atoms with Crippen molar-refractivity contribution in [2.24, 2.45) is 22.9 Å². The Morgan fingerprint density at radius 1 is 0.634 bits per heavy atom. The summed E-state index contributed by atoms with van der Waals surface area (Å²) in [7, 11) is 2.77. The molecule has 1 fully saturated rings. The van der Waals surface area contributed by atoms with Crippen LogP contribution in [0, 0.1) is 0 Å². The molecule has 5 atom stereocenters. The van der Waals surface area contributed by atoms with Gasteiger partial charge in [-0.05, 0) is 6.42 Å². The van der Waals surface area contributed by atoms with Gasteiger partial charge in [0, 0.05) is 5.75 Å². The first-order valence-corrected chi connectivity index (χ1v) is 16.7. The van der Waals surface area contributed by atoms with Gasteiger partial charge in [0.1, 0.15) is 12.7 Å². The van der Waals surface area contributed by atoms with E-state index in [1.165, 1.54) is 66.5 Å². The number of hydrogen-bond donors (Lipinski definition) is 4. The fraction of sp³-hybridized carbons (Fsp3) is 0.846. The molecule has 0 aromatic rings. The van der Waals surface area contributed by atoms with Crippen LogP contribution in [-0.2, 0) is 42.9 Å². The molecule has 1 rings (SSSR count). The van der Waals surface area contributed by atoms with Crippen molar-refractivity contribution in [1.29, 1.82) is 0 Å². The molecule has 2 unspecified atom stereocenters. The molecule has 0 bridgehead atoms. The molecule has 1 saturated heterocycles. The van der Waals surface area contributed by atoms with Crippen LogP contribution in [0.2, 0.25) is 0 Å². The number of esters is 4. The molecule has 0 aromatic carbocycles. The zero-order valence-corrected chi connectivity index (χ0v) is 25.6. The van der Waals surface area contributed by atoms with Crippen molar-refractivity contribution in [1.82, 2.24) is 0 Å². The number of carbonyl (C=O) groups is 4. The van der Waals surface area contributed by atoms with Crippen LogP contribution in [0.5, 0.6) is 0 Å². The first-order chi connectivity index (χ1) is 19.8. The molecular weight excluding hydrogens is 576 g/mol. The van der Waals surface area contributed by atoms with Gasteiger partial charge < -0.3 is 46.6 Å². The standard InChI is InChI=1S/C26H48N4O9S2/c1-2-3-4-5-6-7-8-9-10-11-12-40-41-26-25(39-22(34)16-30)24(38-21(33)15-29)23(37-20(32)14-28)18(36-26)17-35-19(31)13-27/h18,23-26H,2-17,27-30H2,1H3/t18?,23-,24+,25-,26?/m1/s1. The number of ether oxygens (including phenoxy) is 5. The van der Waals surface area contributed by atoms with Crippen LogP contribution in [0.15, 0.2) is 0 Å². The van der Waals surface area contributed by atoms with Crippen LogP contribution < -0.4 is 22.9 Å². The maximum Gasteiger partial charge on any atom is 0.320 e. The minimum absolute atomic E-state index is 0.368. The highest BCUT2D eigenvalue weighted by molar-refractivity contribution is 8.76. The van der Waals surface area contributed by atoms with E-state index in [0.29, 0.717) is 0 Å². The van der Waals surface area contributed by atoms with E-state index >= 15 is 0 Å². The van der Waals surface area contributed by atoms with Crippen molar-refractivity contribution in [3.63, 3.8) is 0 Å². The van der Waals surface area contributed by atoms with Gasteiger partial charge in [0.05, 0.1) is 26.2 Å². The highest BCUT2D eigenvalue weighted by Crippen LogP contribution is 2.39. The van der Waals surface area contributed by atoms with Crippen LogP contribution in [-0.4, -0.2) is 92.3 Å². The summed E-state index contributed by atoms with van der Waals surface area (Å²) in [6.07, 6.45) is 7.21. The van der Waals surface area contributed by atoms with Crippen molar-refractivity contribution in [3.05, 3.63) is 0 Å². The van der Waals surface area contributed by atoms with E-state index in [0.717, 1.165) is 25.0 Å². The van der Waals surface area contributed by atoms with Gasteiger partial charge in [-0.15, -0.1) is 0 Å². The Hall–Kier alpha value is -1.62. The molecule has 1 aliphatic heterocycles. The predicted molar refractivity (Wildman–Crippen MR) is 157 cm³/mol. The second-order valence-electron chi connectivity index (χ2n) is 9.51. The van der Waals surface area contributed by atoms with Gasteiger partial charge >= 0.3 is 23.9 Å². The molecule has 1 heterocycles. The van der Waals surface area contributed by atoms with Crippen molar-refractivity contribution in [2.45, 2.75) is 101 Å². The molecular formula is C26H48N4O9S2. The zero-order chi connectivity index (χ0) is 30.5. The molecule has 238 valence electrons. The van der Waals surface area contributed by atoms with E-state index in [9.17, 15) is 19.2 Å². The van der Waals surface area contributed by atoms with Crippen molar-refractivity contribution in [3.8, 4) is 0 Å². The van der Waals surface area contributed by atoms with Crippen molar-refractivity contribution >= 4 is 45.5 Å². The van der Waals surface area contributed by atoms with E-state index in [2.05, 4.69) is 6.92 Å². The summed E-state index contributed by atoms with van der Waals surface area (Å²) in [4.78, 5) is 48.4. The van der Waals surface area contributed by atoms with E-state index in [4.69, 9.17) is 46.6 Å². The highest BCUT2D eigenvalue weighted by Gasteiger charge is 2.52. The summed E-state index contributed by atoms with van der Waals surface area (Å²) >= 11 is 0. The largest absolute Gasteiger partial charge is 0.462 e. The fourth-order valence-electron chi connectivity index (χ4n) is 4.09. The predicted octanol–water partition coefficient (Wildman–Crippen LogP) is 1.13. The molecule has 41 heavy (non-hydrogen) atoms. The van der Waals surface area contributed by atoms with Gasteiger partial charge in [-0.2, -0.15) is 0 Å². The smallest absolute Gasteiger partial charge is 0.320 e. The molecule has 0 saturated carbocycles. The van der Waals surface area contributed by atoms with Crippen LogP contribution >= 0.6 is 21.6 Å². The quantitative estimate of drug-likeness (QED) is 0.0574. The van der Waals surface area contributed by atoms with E-state index in [1.807, 2.05) is 0 Å². The minimum Gasteiger partial charge on any atom is -0.462 e. The maximum atomic E-state index is 12.2. The monoisotopic (exact) mass is 624 g/mol. The number of unbranched alkanes of at least 4 members (excludes halogenated alkanes) is 9. The summed E-state index contributed by atoms with van der Waals surface area (Å²) in [5, 5.41) is 0. The first kappa shape index (κ1) is 37.4. The molecule has 15 heteroatoms. The lowest BCUT2D eigenvalue weighted by molar-refractivity contribution is -0.238. The molecule has 13 nitrogen and oxygen atoms in total. The summed E-state index contributed by atoms with van der Waals surface area (Å²) in [5.41, 5.74) is 20.8. The molecule has 1 aliphatic rings. The third-order valence-electron chi connectivity index (χ3n) is 6.21. The number of carbonyl (C=O) groups excluding carboxylic acids is 4. The number of hydrogen-bond acceptors (Lipinski definition) is 15. The Morgan fingerprint density at radius 2 is 1.10 bits per heavy atom. The Bertz CT molecular complexity index is 781. The van der Waals surface area contributed by atoms with Crippen LogP contribution in [0.4, 0.5) is 0 Å². The van der Waals surface area contributed by atoms with E-state index < -0.39 is 73.4 Å². The van der Waals surface area contributed by atoms with Crippen molar-refractivity contribution < 1.29 is 42.9 Å². The van der Waals surface area contributed by atoms with Crippen LogP contribution in [0.1, 0.15) is 71.1 Å². The average molecular weight is 625 g/mol. The normalized spacial score (nSPS) is 22.1. The number of rotatable bonds is 22. The lowest BCUT2D eigenvalue weighted by atomic mass is 9.99. The Labute approximate surface area is 250 Å². The van der Waals surface area contributed by atoms with Gasteiger partial charge in [-0.1, -0.05) is 86.3 Å². The average Bonchev–Trinajstić information content (AvgIpc) is 2.98. The Morgan fingerprint density at radius 3 is 1.61 bits per heavy atom. The lowest BCUT2D eigenvalue weighted by Crippen LogP contribution is -2.62. The summed E-state index contributed by atoms with van der Waals surface area (Å²) in [5.74, 6) is -2.38. The Kier molecular flexibility index (Phi) is 20.9. The summed E-state index contributed by atoms with van der Waals surface area (Å²) in [6, 6.07) is 0. The summed E-state index contributed by atoms with van der Waals surface area (Å²) < 4.78 is 27.7. The highest BCUT2D eigenvalue weighted by atomic mass is 33.1. The third kappa shape index (κ3) is 15.4. The van der Waals surface area contributed by atoms with E-state index in [1.54, 1.807) is 0 Å². The zero-order valence-electron chi connectivity index (χ0n) is 24.0. The molecule has 8 N–H and O–H groups in total. The van der Waals surface area contributed by atoms with Gasteiger partial charge in [-0.3, -0.25) is 19.2 Å². The van der Waals surface area contributed by atoms with Crippen LogP contribution in [0.3, 0.4) is 0 Å². The SMILES string of the molecule is CCCCCCCCCCCCSSC1OC(COC(=O)CN)[C@@H](OC(=O)CN)[C@H](OC(=O)CN)[C@H]1OC(=O)CN. The van der Waals surface area contributed by atoms with Gasteiger partial charge in [0.25, 0.3) is 0 Å². The van der Waals surface area contributed by atoms with E-state index in [-0.39, 0.29) is 13.2 Å². The molecule has 0 amide bonds. The molecule has 0 spiro atoms. The molecule has 0 radical (unpaired) electrons.